The zero-order valence-electron chi connectivity index (χ0n) is 15.2. The third kappa shape index (κ3) is 3.90. The SMILES string of the molecule is O=C(NC1CCCC1)C(c1ccco1)N(C(=O)c1csnn1)C1CCCC1. The van der Waals surface area contributed by atoms with Gasteiger partial charge >= 0.3 is 0 Å². The maximum Gasteiger partial charge on any atom is 0.276 e. The van der Waals surface area contributed by atoms with E-state index in [1.165, 1.54) is 0 Å². The van der Waals surface area contributed by atoms with Crippen LogP contribution in [0.5, 0.6) is 0 Å². The van der Waals surface area contributed by atoms with Gasteiger partial charge in [-0.2, -0.15) is 0 Å². The second-order valence-corrected chi connectivity index (χ2v) is 7.96. The summed E-state index contributed by atoms with van der Waals surface area (Å²) in [5.74, 6) is 0.0767. The van der Waals surface area contributed by atoms with Crippen molar-refractivity contribution in [1.82, 2.24) is 19.8 Å². The van der Waals surface area contributed by atoms with Crippen LogP contribution in [-0.2, 0) is 4.79 Å². The number of nitrogens with one attached hydrogen (secondary N) is 1. The molecule has 2 aromatic heterocycles. The van der Waals surface area contributed by atoms with Crippen molar-refractivity contribution in [2.45, 2.75) is 69.5 Å². The minimum Gasteiger partial charge on any atom is -0.467 e. The summed E-state index contributed by atoms with van der Waals surface area (Å²) < 4.78 is 9.42. The van der Waals surface area contributed by atoms with Crippen LogP contribution in [0.25, 0.3) is 0 Å². The van der Waals surface area contributed by atoms with Gasteiger partial charge in [0.1, 0.15) is 5.76 Å². The van der Waals surface area contributed by atoms with Gasteiger partial charge in [0.15, 0.2) is 11.7 Å². The van der Waals surface area contributed by atoms with E-state index >= 15 is 0 Å². The van der Waals surface area contributed by atoms with Gasteiger partial charge in [-0.05, 0) is 49.3 Å². The molecule has 27 heavy (non-hydrogen) atoms. The van der Waals surface area contributed by atoms with Crippen LogP contribution >= 0.6 is 11.5 Å². The molecular weight excluding hydrogens is 364 g/mol. The van der Waals surface area contributed by atoms with E-state index in [-0.39, 0.29) is 29.6 Å². The number of aromatic nitrogens is 2. The van der Waals surface area contributed by atoms with Crippen LogP contribution in [0.2, 0.25) is 0 Å². The van der Waals surface area contributed by atoms with E-state index in [1.807, 2.05) is 0 Å². The van der Waals surface area contributed by atoms with E-state index in [0.29, 0.717) is 5.76 Å². The summed E-state index contributed by atoms with van der Waals surface area (Å²) in [5.41, 5.74) is 0.289. The zero-order valence-corrected chi connectivity index (χ0v) is 16.0. The predicted octanol–water partition coefficient (Wildman–Crippen LogP) is 3.32. The lowest BCUT2D eigenvalue weighted by Gasteiger charge is -2.34. The molecule has 2 aromatic rings. The van der Waals surface area contributed by atoms with E-state index in [9.17, 15) is 9.59 Å². The summed E-state index contributed by atoms with van der Waals surface area (Å²) in [6.45, 7) is 0. The number of furan rings is 1. The predicted molar refractivity (Wildman–Crippen MR) is 100 cm³/mol. The van der Waals surface area contributed by atoms with Crippen LogP contribution < -0.4 is 5.32 Å². The van der Waals surface area contributed by atoms with Crippen molar-refractivity contribution in [1.29, 1.82) is 0 Å². The van der Waals surface area contributed by atoms with Gasteiger partial charge in [0.2, 0.25) is 0 Å². The second-order valence-electron chi connectivity index (χ2n) is 7.35. The number of nitrogens with zero attached hydrogens (tertiary/aromatic N) is 3. The first-order chi connectivity index (χ1) is 13.2. The number of hydrogen-bond acceptors (Lipinski definition) is 6. The van der Waals surface area contributed by atoms with Crippen LogP contribution in [0.15, 0.2) is 28.2 Å². The van der Waals surface area contributed by atoms with E-state index < -0.39 is 6.04 Å². The molecule has 0 aromatic carbocycles. The molecule has 2 heterocycles. The Morgan fingerprint density at radius 2 is 1.93 bits per heavy atom. The Morgan fingerprint density at radius 3 is 2.56 bits per heavy atom. The molecule has 2 aliphatic rings. The fourth-order valence-electron chi connectivity index (χ4n) is 4.26. The molecule has 2 saturated carbocycles. The quantitative estimate of drug-likeness (QED) is 0.820. The average molecular weight is 388 g/mol. The topological polar surface area (TPSA) is 88.3 Å². The molecule has 2 fully saturated rings. The Hall–Kier alpha value is -2.22. The van der Waals surface area contributed by atoms with Gasteiger partial charge in [0.05, 0.1) is 6.26 Å². The van der Waals surface area contributed by atoms with Crippen molar-refractivity contribution in [2.75, 3.05) is 0 Å². The summed E-state index contributed by atoms with van der Waals surface area (Å²) in [6, 6.07) is 2.93. The Balaban J connectivity index is 1.67. The van der Waals surface area contributed by atoms with Gasteiger partial charge in [-0.15, -0.1) is 5.10 Å². The molecule has 2 aliphatic carbocycles. The van der Waals surface area contributed by atoms with Gasteiger partial charge in [-0.25, -0.2) is 0 Å². The number of carbonyl (C=O) groups excluding carboxylic acids is 2. The van der Waals surface area contributed by atoms with E-state index in [4.69, 9.17) is 4.42 Å². The fourth-order valence-corrected chi connectivity index (χ4v) is 4.69. The van der Waals surface area contributed by atoms with Crippen molar-refractivity contribution < 1.29 is 14.0 Å². The summed E-state index contributed by atoms with van der Waals surface area (Å²) in [4.78, 5) is 28.2. The van der Waals surface area contributed by atoms with Gasteiger partial charge in [-0.3, -0.25) is 9.59 Å². The Morgan fingerprint density at radius 1 is 1.19 bits per heavy atom. The Bertz CT molecular complexity index is 750. The highest BCUT2D eigenvalue weighted by Crippen LogP contribution is 2.33. The lowest BCUT2D eigenvalue weighted by atomic mass is 10.1. The molecule has 2 amide bonds. The number of hydrogen-bond donors (Lipinski definition) is 1. The van der Waals surface area contributed by atoms with Gasteiger partial charge in [0.25, 0.3) is 11.8 Å². The molecule has 4 rings (SSSR count). The molecule has 0 radical (unpaired) electrons. The van der Waals surface area contributed by atoms with E-state index in [1.54, 1.807) is 28.7 Å². The number of rotatable bonds is 6. The highest BCUT2D eigenvalue weighted by molar-refractivity contribution is 7.03. The molecule has 1 N–H and O–H groups in total. The molecule has 0 aliphatic heterocycles. The van der Waals surface area contributed by atoms with Gasteiger partial charge < -0.3 is 14.6 Å². The van der Waals surface area contributed by atoms with Crippen molar-refractivity contribution in [3.63, 3.8) is 0 Å². The van der Waals surface area contributed by atoms with Crippen molar-refractivity contribution >= 4 is 23.3 Å². The molecule has 7 nitrogen and oxygen atoms in total. The van der Waals surface area contributed by atoms with E-state index in [2.05, 4.69) is 14.9 Å². The van der Waals surface area contributed by atoms with Crippen molar-refractivity contribution in [3.05, 3.63) is 35.2 Å². The molecule has 8 heteroatoms. The summed E-state index contributed by atoms with van der Waals surface area (Å²) >= 11 is 1.14. The summed E-state index contributed by atoms with van der Waals surface area (Å²) in [7, 11) is 0. The summed E-state index contributed by atoms with van der Waals surface area (Å²) in [5, 5.41) is 8.73. The third-order valence-corrected chi connectivity index (χ3v) is 6.08. The first-order valence-electron chi connectivity index (χ1n) is 9.67. The molecule has 0 spiro atoms. The van der Waals surface area contributed by atoms with Crippen LogP contribution in [0.4, 0.5) is 0 Å². The highest BCUT2D eigenvalue weighted by atomic mass is 32.1. The normalized spacial score (nSPS) is 19.3. The third-order valence-electron chi connectivity index (χ3n) is 5.57. The minimum absolute atomic E-state index is 0.00336. The monoisotopic (exact) mass is 388 g/mol. The maximum absolute atomic E-state index is 13.3. The smallest absolute Gasteiger partial charge is 0.276 e. The first-order valence-corrected chi connectivity index (χ1v) is 10.5. The lowest BCUT2D eigenvalue weighted by Crippen LogP contribution is -2.49. The molecular formula is C19H24N4O3S. The van der Waals surface area contributed by atoms with Crippen LogP contribution in [0.1, 0.15) is 73.7 Å². The van der Waals surface area contributed by atoms with Crippen LogP contribution in [-0.4, -0.2) is 38.4 Å². The molecule has 1 atom stereocenters. The van der Waals surface area contributed by atoms with Gasteiger partial charge in [0, 0.05) is 17.5 Å². The van der Waals surface area contributed by atoms with Gasteiger partial charge in [-0.1, -0.05) is 30.2 Å². The maximum atomic E-state index is 13.3. The second kappa shape index (κ2) is 8.21. The molecule has 1 unspecified atom stereocenters. The Kier molecular flexibility index (Phi) is 5.52. The number of carbonyl (C=O) groups is 2. The standard InChI is InChI=1S/C19H24N4O3S/c24-18(20-13-6-1-2-7-13)17(16-10-5-11-26-16)23(14-8-3-4-9-14)19(25)15-12-27-22-21-15/h5,10-14,17H,1-4,6-9H2,(H,20,24). The molecule has 144 valence electrons. The van der Waals surface area contributed by atoms with Crippen LogP contribution in [0, 0.1) is 0 Å². The lowest BCUT2D eigenvalue weighted by molar-refractivity contribution is -0.128. The number of amides is 2. The minimum atomic E-state index is -0.780. The molecule has 0 saturated heterocycles. The zero-order chi connectivity index (χ0) is 18.6. The molecule has 0 bridgehead atoms. The highest BCUT2D eigenvalue weighted by Gasteiger charge is 2.40. The van der Waals surface area contributed by atoms with E-state index in [0.717, 1.165) is 62.9 Å². The summed E-state index contributed by atoms with van der Waals surface area (Å²) in [6.07, 6.45) is 9.67. The average Bonchev–Trinajstić information content (AvgIpc) is 3.47. The van der Waals surface area contributed by atoms with Crippen LogP contribution in [0.3, 0.4) is 0 Å². The van der Waals surface area contributed by atoms with Crippen molar-refractivity contribution in [2.24, 2.45) is 0 Å². The Labute approximate surface area is 162 Å². The first kappa shape index (κ1) is 18.2. The van der Waals surface area contributed by atoms with Crippen molar-refractivity contribution in [3.8, 4) is 0 Å². The fraction of sp³-hybridized carbons (Fsp3) is 0.579. The largest absolute Gasteiger partial charge is 0.467 e.